The SMILES string of the molecule is C/C(=N\NC(=O)c1ccn(C)n1)c1cccc(NC(=O)c2ccncc2)c1. The van der Waals surface area contributed by atoms with Crippen LogP contribution in [0, 0.1) is 0 Å². The predicted octanol–water partition coefficient (Wildman–Crippen LogP) is 2.22. The number of pyridine rings is 1. The summed E-state index contributed by atoms with van der Waals surface area (Å²) >= 11 is 0. The number of anilines is 1. The molecule has 27 heavy (non-hydrogen) atoms. The lowest BCUT2D eigenvalue weighted by Crippen LogP contribution is -2.20. The number of nitrogens with one attached hydrogen (secondary N) is 2. The number of carbonyl (C=O) groups excluding carboxylic acids is 2. The molecule has 0 unspecified atom stereocenters. The molecular weight excluding hydrogens is 344 g/mol. The Morgan fingerprint density at radius 2 is 1.81 bits per heavy atom. The second kappa shape index (κ2) is 8.05. The summed E-state index contributed by atoms with van der Waals surface area (Å²) in [6, 6.07) is 12.1. The maximum Gasteiger partial charge on any atom is 0.291 e. The van der Waals surface area contributed by atoms with E-state index in [0.717, 1.165) is 5.56 Å². The highest BCUT2D eigenvalue weighted by atomic mass is 16.2. The van der Waals surface area contributed by atoms with Gasteiger partial charge in [0.2, 0.25) is 0 Å². The van der Waals surface area contributed by atoms with Crippen LogP contribution in [0.3, 0.4) is 0 Å². The van der Waals surface area contributed by atoms with Crippen molar-refractivity contribution in [3.05, 3.63) is 77.9 Å². The Labute approximate surface area is 155 Å². The molecule has 136 valence electrons. The zero-order chi connectivity index (χ0) is 19.2. The molecule has 2 N–H and O–H groups in total. The molecule has 0 aliphatic rings. The molecule has 0 saturated heterocycles. The average Bonchev–Trinajstić information content (AvgIpc) is 3.13. The largest absolute Gasteiger partial charge is 0.322 e. The van der Waals surface area contributed by atoms with Gasteiger partial charge in [0.05, 0.1) is 5.71 Å². The highest BCUT2D eigenvalue weighted by Crippen LogP contribution is 2.13. The summed E-state index contributed by atoms with van der Waals surface area (Å²) in [5.74, 6) is -0.621. The van der Waals surface area contributed by atoms with E-state index in [1.54, 1.807) is 73.6 Å². The van der Waals surface area contributed by atoms with E-state index in [1.807, 2.05) is 6.07 Å². The first kappa shape index (κ1) is 18.0. The molecule has 0 spiro atoms. The van der Waals surface area contributed by atoms with E-state index in [-0.39, 0.29) is 11.6 Å². The first-order valence-corrected chi connectivity index (χ1v) is 8.19. The monoisotopic (exact) mass is 362 g/mol. The van der Waals surface area contributed by atoms with Crippen molar-refractivity contribution < 1.29 is 9.59 Å². The van der Waals surface area contributed by atoms with Crippen molar-refractivity contribution in [3.8, 4) is 0 Å². The van der Waals surface area contributed by atoms with E-state index >= 15 is 0 Å². The van der Waals surface area contributed by atoms with E-state index in [1.165, 1.54) is 0 Å². The number of rotatable bonds is 5. The number of hydrogen-bond donors (Lipinski definition) is 2. The molecule has 0 saturated carbocycles. The van der Waals surface area contributed by atoms with Crippen molar-refractivity contribution in [1.82, 2.24) is 20.2 Å². The second-order valence-corrected chi connectivity index (χ2v) is 5.78. The van der Waals surface area contributed by atoms with Crippen LogP contribution in [-0.2, 0) is 7.05 Å². The van der Waals surface area contributed by atoms with Crippen molar-refractivity contribution >= 4 is 23.2 Å². The summed E-state index contributed by atoms with van der Waals surface area (Å²) in [7, 11) is 1.73. The lowest BCUT2D eigenvalue weighted by Gasteiger charge is -2.07. The van der Waals surface area contributed by atoms with E-state index in [0.29, 0.717) is 17.0 Å². The number of benzene rings is 1. The van der Waals surface area contributed by atoms with Gasteiger partial charge in [-0.2, -0.15) is 10.2 Å². The first-order valence-electron chi connectivity index (χ1n) is 8.19. The quantitative estimate of drug-likeness (QED) is 0.537. The molecule has 0 bridgehead atoms. The molecule has 2 aromatic heterocycles. The number of amides is 2. The molecule has 0 aliphatic heterocycles. The van der Waals surface area contributed by atoms with Crippen LogP contribution in [-0.4, -0.2) is 32.3 Å². The van der Waals surface area contributed by atoms with Gasteiger partial charge in [0.25, 0.3) is 11.8 Å². The Balaban J connectivity index is 1.68. The number of hydrogen-bond acceptors (Lipinski definition) is 5. The molecule has 0 radical (unpaired) electrons. The van der Waals surface area contributed by atoms with Crippen molar-refractivity contribution in [2.45, 2.75) is 6.92 Å². The Morgan fingerprint density at radius 3 is 2.52 bits per heavy atom. The third-order valence-electron chi connectivity index (χ3n) is 3.75. The van der Waals surface area contributed by atoms with Crippen LogP contribution in [0.2, 0.25) is 0 Å². The van der Waals surface area contributed by atoms with Gasteiger partial charge in [-0.05, 0) is 42.8 Å². The Kier molecular flexibility index (Phi) is 5.36. The maximum absolute atomic E-state index is 12.2. The molecule has 2 amide bonds. The lowest BCUT2D eigenvalue weighted by molar-refractivity contribution is 0.0948. The smallest absolute Gasteiger partial charge is 0.291 e. The fourth-order valence-electron chi connectivity index (χ4n) is 2.32. The van der Waals surface area contributed by atoms with Crippen LogP contribution < -0.4 is 10.7 Å². The van der Waals surface area contributed by atoms with Crippen LogP contribution >= 0.6 is 0 Å². The third kappa shape index (κ3) is 4.63. The number of aromatic nitrogens is 3. The van der Waals surface area contributed by atoms with Gasteiger partial charge < -0.3 is 5.32 Å². The summed E-state index contributed by atoms with van der Waals surface area (Å²) < 4.78 is 1.54. The highest BCUT2D eigenvalue weighted by Gasteiger charge is 2.09. The molecule has 3 aromatic rings. The Bertz CT molecular complexity index is 994. The molecule has 8 nitrogen and oxygen atoms in total. The normalized spacial score (nSPS) is 11.1. The van der Waals surface area contributed by atoms with E-state index in [4.69, 9.17) is 0 Å². The zero-order valence-corrected chi connectivity index (χ0v) is 14.9. The lowest BCUT2D eigenvalue weighted by atomic mass is 10.1. The minimum absolute atomic E-state index is 0.229. The topological polar surface area (TPSA) is 101 Å². The highest BCUT2D eigenvalue weighted by molar-refractivity contribution is 6.05. The fourth-order valence-corrected chi connectivity index (χ4v) is 2.32. The van der Waals surface area contributed by atoms with Gasteiger partial charge in [-0.3, -0.25) is 19.3 Å². The number of nitrogens with zero attached hydrogens (tertiary/aromatic N) is 4. The van der Waals surface area contributed by atoms with Gasteiger partial charge in [0.1, 0.15) is 0 Å². The average molecular weight is 362 g/mol. The standard InChI is InChI=1S/C19H18N6O2/c1-13(22-23-19(27)17-8-11-25(2)24-17)15-4-3-5-16(12-15)21-18(26)14-6-9-20-10-7-14/h3-12H,1-2H3,(H,21,26)(H,23,27)/b22-13+. The summed E-state index contributed by atoms with van der Waals surface area (Å²) in [4.78, 5) is 28.1. The molecule has 3 rings (SSSR count). The summed E-state index contributed by atoms with van der Waals surface area (Å²) in [5, 5.41) is 11.0. The molecule has 0 fully saturated rings. The molecule has 1 aromatic carbocycles. The number of aryl methyl sites for hydroxylation is 1. The summed E-state index contributed by atoms with van der Waals surface area (Å²) in [5.41, 5.74) is 5.27. The van der Waals surface area contributed by atoms with Crippen molar-refractivity contribution in [2.24, 2.45) is 12.1 Å². The summed E-state index contributed by atoms with van der Waals surface area (Å²) in [6.07, 6.45) is 4.80. The van der Waals surface area contributed by atoms with Gasteiger partial charge in [-0.1, -0.05) is 12.1 Å². The number of hydrazone groups is 1. The predicted molar refractivity (Wildman–Crippen MR) is 102 cm³/mol. The van der Waals surface area contributed by atoms with Crippen molar-refractivity contribution in [1.29, 1.82) is 0 Å². The molecule has 0 atom stereocenters. The van der Waals surface area contributed by atoms with Crippen LogP contribution in [0.15, 0.2) is 66.2 Å². The van der Waals surface area contributed by atoms with Gasteiger partial charge in [0, 0.05) is 36.9 Å². The molecule has 2 heterocycles. The first-order chi connectivity index (χ1) is 13.0. The van der Waals surface area contributed by atoms with Gasteiger partial charge in [-0.15, -0.1) is 0 Å². The van der Waals surface area contributed by atoms with Crippen molar-refractivity contribution in [3.63, 3.8) is 0 Å². The van der Waals surface area contributed by atoms with E-state index in [2.05, 4.69) is 25.9 Å². The second-order valence-electron chi connectivity index (χ2n) is 5.78. The minimum Gasteiger partial charge on any atom is -0.322 e. The van der Waals surface area contributed by atoms with Crippen LogP contribution in [0.5, 0.6) is 0 Å². The summed E-state index contributed by atoms with van der Waals surface area (Å²) in [6.45, 7) is 1.77. The van der Waals surface area contributed by atoms with Crippen LogP contribution in [0.1, 0.15) is 33.3 Å². The van der Waals surface area contributed by atoms with Crippen molar-refractivity contribution in [2.75, 3.05) is 5.32 Å². The number of carbonyl (C=O) groups is 2. The zero-order valence-electron chi connectivity index (χ0n) is 14.9. The van der Waals surface area contributed by atoms with E-state index < -0.39 is 5.91 Å². The molecule has 8 heteroatoms. The fraction of sp³-hybridized carbons (Fsp3) is 0.105. The minimum atomic E-state index is -0.392. The van der Waals surface area contributed by atoms with Crippen LogP contribution in [0.4, 0.5) is 5.69 Å². The maximum atomic E-state index is 12.2. The van der Waals surface area contributed by atoms with Gasteiger partial charge in [0.15, 0.2) is 5.69 Å². The molecule has 0 aliphatic carbocycles. The van der Waals surface area contributed by atoms with E-state index in [9.17, 15) is 9.59 Å². The Hall–Kier alpha value is -3.81. The van der Waals surface area contributed by atoms with Gasteiger partial charge in [-0.25, -0.2) is 5.43 Å². The van der Waals surface area contributed by atoms with Crippen LogP contribution in [0.25, 0.3) is 0 Å². The third-order valence-corrected chi connectivity index (χ3v) is 3.75. The Morgan fingerprint density at radius 1 is 1.04 bits per heavy atom. The molecular formula is C19H18N6O2. The van der Waals surface area contributed by atoms with Gasteiger partial charge >= 0.3 is 0 Å².